The number of nitrogens with zero attached hydrogens (tertiary/aromatic N) is 3. The average Bonchev–Trinajstić information content (AvgIpc) is 3.22. The molecule has 4 rings (SSSR count). The third kappa shape index (κ3) is 2.73. The van der Waals surface area contributed by atoms with E-state index >= 15 is 0 Å². The highest BCUT2D eigenvalue weighted by Gasteiger charge is 2.34. The molecule has 1 fully saturated rings. The van der Waals surface area contributed by atoms with Gasteiger partial charge in [0.2, 0.25) is 5.91 Å². The number of aryl methyl sites for hydroxylation is 2. The molecule has 5 heteroatoms. The zero-order chi connectivity index (χ0) is 16.7. The SMILES string of the molecule is Cc1cc(N2CCC(NCC3Cc4ccccc4C3)C2=O)n(C)n1. The van der Waals surface area contributed by atoms with Crippen LogP contribution in [0.25, 0.3) is 0 Å². The minimum absolute atomic E-state index is 0.0658. The molecule has 0 radical (unpaired) electrons. The maximum absolute atomic E-state index is 12.7. The minimum Gasteiger partial charge on any atom is -0.305 e. The number of rotatable bonds is 4. The Labute approximate surface area is 142 Å². The van der Waals surface area contributed by atoms with Gasteiger partial charge in [0, 0.05) is 19.7 Å². The van der Waals surface area contributed by atoms with Crippen molar-refractivity contribution >= 4 is 11.7 Å². The number of aromatic nitrogens is 2. The number of benzene rings is 1. The Hall–Kier alpha value is -2.14. The zero-order valence-electron chi connectivity index (χ0n) is 14.3. The fourth-order valence-electron chi connectivity index (χ4n) is 4.05. The van der Waals surface area contributed by atoms with Gasteiger partial charge >= 0.3 is 0 Å². The van der Waals surface area contributed by atoms with E-state index in [2.05, 4.69) is 34.7 Å². The quantitative estimate of drug-likeness (QED) is 0.934. The average molecular weight is 324 g/mol. The Morgan fingerprint density at radius 1 is 1.25 bits per heavy atom. The van der Waals surface area contributed by atoms with Crippen LogP contribution in [0, 0.1) is 12.8 Å². The van der Waals surface area contributed by atoms with Gasteiger partial charge in [-0.05, 0) is 49.8 Å². The molecule has 1 aliphatic carbocycles. The Bertz CT molecular complexity index is 741. The molecule has 1 atom stereocenters. The standard InChI is InChI=1S/C19H24N4O/c1-13-9-18(22(2)21-13)23-8-7-17(19(23)24)20-12-14-10-15-5-3-4-6-16(15)11-14/h3-6,9,14,17,20H,7-8,10-12H2,1-2H3. The lowest BCUT2D eigenvalue weighted by atomic mass is 10.1. The third-order valence-corrected chi connectivity index (χ3v) is 5.25. The van der Waals surface area contributed by atoms with Gasteiger partial charge in [0.05, 0.1) is 11.7 Å². The van der Waals surface area contributed by atoms with Crippen molar-refractivity contribution in [2.24, 2.45) is 13.0 Å². The summed E-state index contributed by atoms with van der Waals surface area (Å²) in [7, 11) is 1.89. The zero-order valence-corrected chi connectivity index (χ0v) is 14.3. The summed E-state index contributed by atoms with van der Waals surface area (Å²) in [4.78, 5) is 14.6. The first-order valence-electron chi connectivity index (χ1n) is 8.74. The number of fused-ring (bicyclic) bond motifs is 1. The van der Waals surface area contributed by atoms with Gasteiger partial charge in [-0.15, -0.1) is 0 Å². The molecule has 24 heavy (non-hydrogen) atoms. The van der Waals surface area contributed by atoms with Gasteiger partial charge in [-0.25, -0.2) is 0 Å². The van der Waals surface area contributed by atoms with E-state index in [0.717, 1.165) is 43.9 Å². The van der Waals surface area contributed by atoms with Gasteiger partial charge in [0.15, 0.2) is 0 Å². The molecule has 126 valence electrons. The second-order valence-electron chi connectivity index (χ2n) is 7.05. The summed E-state index contributed by atoms with van der Waals surface area (Å²) in [5.74, 6) is 1.67. The van der Waals surface area contributed by atoms with E-state index in [1.54, 1.807) is 4.68 Å². The highest BCUT2D eigenvalue weighted by molar-refractivity contribution is 5.98. The molecule has 2 heterocycles. The molecule has 1 amide bonds. The third-order valence-electron chi connectivity index (χ3n) is 5.25. The van der Waals surface area contributed by atoms with E-state index in [1.807, 2.05) is 24.9 Å². The van der Waals surface area contributed by atoms with Gasteiger partial charge in [-0.2, -0.15) is 5.10 Å². The van der Waals surface area contributed by atoms with Crippen molar-refractivity contribution in [3.63, 3.8) is 0 Å². The first-order chi connectivity index (χ1) is 11.6. The molecule has 2 aliphatic rings. The van der Waals surface area contributed by atoms with E-state index in [0.29, 0.717) is 5.92 Å². The number of anilines is 1. The van der Waals surface area contributed by atoms with E-state index in [1.165, 1.54) is 11.1 Å². The fraction of sp³-hybridized carbons (Fsp3) is 0.474. The predicted molar refractivity (Wildman–Crippen MR) is 94.0 cm³/mol. The second kappa shape index (κ2) is 6.06. The van der Waals surface area contributed by atoms with Crippen LogP contribution in [0.5, 0.6) is 0 Å². The molecule has 0 spiro atoms. The summed E-state index contributed by atoms with van der Waals surface area (Å²) in [5, 5.41) is 7.86. The van der Waals surface area contributed by atoms with Gasteiger partial charge in [-0.3, -0.25) is 14.4 Å². The summed E-state index contributed by atoms with van der Waals surface area (Å²) in [6, 6.07) is 10.6. The summed E-state index contributed by atoms with van der Waals surface area (Å²) >= 11 is 0. The van der Waals surface area contributed by atoms with Gasteiger partial charge in [0.1, 0.15) is 5.82 Å². The Balaban J connectivity index is 1.36. The lowest BCUT2D eigenvalue weighted by Crippen LogP contribution is -2.41. The van der Waals surface area contributed by atoms with Crippen molar-refractivity contribution < 1.29 is 4.79 Å². The van der Waals surface area contributed by atoms with Crippen LogP contribution >= 0.6 is 0 Å². The smallest absolute Gasteiger partial charge is 0.245 e. The molecule has 1 aromatic carbocycles. The Morgan fingerprint density at radius 2 is 1.96 bits per heavy atom. The molecule has 1 aliphatic heterocycles. The highest BCUT2D eigenvalue weighted by Crippen LogP contribution is 2.27. The number of hydrogen-bond donors (Lipinski definition) is 1. The van der Waals surface area contributed by atoms with E-state index in [-0.39, 0.29) is 11.9 Å². The normalized spacial score (nSPS) is 20.8. The molecule has 5 nitrogen and oxygen atoms in total. The molecule has 0 saturated carbocycles. The number of carbonyl (C=O) groups is 1. The molecule has 2 aromatic rings. The molecule has 1 aromatic heterocycles. The molecular weight excluding hydrogens is 300 g/mol. The van der Waals surface area contributed by atoms with Crippen LogP contribution in [0.3, 0.4) is 0 Å². The van der Waals surface area contributed by atoms with Crippen LogP contribution in [0.15, 0.2) is 30.3 Å². The molecule has 1 unspecified atom stereocenters. The maximum atomic E-state index is 12.7. The van der Waals surface area contributed by atoms with Crippen molar-refractivity contribution in [2.75, 3.05) is 18.0 Å². The van der Waals surface area contributed by atoms with Crippen LogP contribution in [0.2, 0.25) is 0 Å². The number of amides is 1. The van der Waals surface area contributed by atoms with Gasteiger partial charge in [-0.1, -0.05) is 24.3 Å². The first kappa shape index (κ1) is 15.4. The topological polar surface area (TPSA) is 50.2 Å². The fourth-order valence-corrected chi connectivity index (χ4v) is 4.05. The molecule has 1 saturated heterocycles. The van der Waals surface area contributed by atoms with Crippen LogP contribution in [-0.4, -0.2) is 34.8 Å². The predicted octanol–water partition coefficient (Wildman–Crippen LogP) is 1.84. The first-order valence-corrected chi connectivity index (χ1v) is 8.74. The number of nitrogens with one attached hydrogen (secondary N) is 1. The summed E-state index contributed by atoms with van der Waals surface area (Å²) < 4.78 is 1.79. The lowest BCUT2D eigenvalue weighted by molar-refractivity contribution is -0.118. The summed E-state index contributed by atoms with van der Waals surface area (Å²) in [6.07, 6.45) is 3.10. The van der Waals surface area contributed by atoms with Gasteiger partial charge in [0.25, 0.3) is 0 Å². The van der Waals surface area contributed by atoms with E-state index in [9.17, 15) is 4.79 Å². The van der Waals surface area contributed by atoms with E-state index in [4.69, 9.17) is 0 Å². The summed E-state index contributed by atoms with van der Waals surface area (Å²) in [6.45, 7) is 3.63. The summed E-state index contributed by atoms with van der Waals surface area (Å²) in [5.41, 5.74) is 3.88. The largest absolute Gasteiger partial charge is 0.305 e. The Kier molecular flexibility index (Phi) is 3.88. The Morgan fingerprint density at radius 3 is 2.58 bits per heavy atom. The molecule has 1 N–H and O–H groups in total. The van der Waals surface area contributed by atoms with Crippen molar-refractivity contribution in [1.82, 2.24) is 15.1 Å². The van der Waals surface area contributed by atoms with Crippen LogP contribution in [-0.2, 0) is 24.7 Å². The second-order valence-corrected chi connectivity index (χ2v) is 7.05. The maximum Gasteiger partial charge on any atom is 0.245 e. The van der Waals surface area contributed by atoms with Crippen molar-refractivity contribution in [3.8, 4) is 0 Å². The number of hydrogen-bond acceptors (Lipinski definition) is 3. The highest BCUT2D eigenvalue weighted by atomic mass is 16.2. The lowest BCUT2D eigenvalue weighted by Gasteiger charge is -2.18. The van der Waals surface area contributed by atoms with Crippen molar-refractivity contribution in [3.05, 3.63) is 47.2 Å². The van der Waals surface area contributed by atoms with Crippen LogP contribution in [0.1, 0.15) is 23.2 Å². The monoisotopic (exact) mass is 324 g/mol. The number of carbonyl (C=O) groups excluding carboxylic acids is 1. The van der Waals surface area contributed by atoms with Crippen LogP contribution in [0.4, 0.5) is 5.82 Å². The van der Waals surface area contributed by atoms with Crippen molar-refractivity contribution in [1.29, 1.82) is 0 Å². The van der Waals surface area contributed by atoms with Gasteiger partial charge < -0.3 is 5.32 Å². The minimum atomic E-state index is -0.0658. The van der Waals surface area contributed by atoms with Crippen LogP contribution < -0.4 is 10.2 Å². The molecular formula is C19H24N4O. The van der Waals surface area contributed by atoms with E-state index < -0.39 is 0 Å². The molecule has 0 bridgehead atoms. The van der Waals surface area contributed by atoms with Crippen molar-refractivity contribution in [2.45, 2.75) is 32.2 Å².